The Morgan fingerprint density at radius 2 is 1.96 bits per heavy atom. The van der Waals surface area contributed by atoms with Crippen LogP contribution in [0.1, 0.15) is 39.2 Å². The van der Waals surface area contributed by atoms with E-state index in [4.69, 9.17) is 16.3 Å². The zero-order chi connectivity index (χ0) is 19.4. The molecule has 2 rings (SSSR count). The summed E-state index contributed by atoms with van der Waals surface area (Å²) in [6.45, 7) is 6.74. The lowest BCUT2D eigenvalue weighted by Crippen LogP contribution is -2.44. The molecule has 8 heteroatoms. The molecule has 0 spiro atoms. The largest absolute Gasteiger partial charge is 0.444 e. The van der Waals surface area contributed by atoms with E-state index < -0.39 is 21.7 Å². The van der Waals surface area contributed by atoms with Crippen LogP contribution in [0.5, 0.6) is 0 Å². The average Bonchev–Trinajstić information content (AvgIpc) is 2.54. The van der Waals surface area contributed by atoms with E-state index >= 15 is 0 Å². The number of benzene rings is 1. The van der Waals surface area contributed by atoms with E-state index in [9.17, 15) is 13.2 Å². The number of alkyl carbamates (subject to hydrolysis) is 1. The molecule has 1 aromatic carbocycles. The van der Waals surface area contributed by atoms with Crippen LogP contribution in [0.3, 0.4) is 0 Å². The standard InChI is InChI=1S/C18H27ClN2O4S/c1-18(2,3)25-17(22)20-11-15-5-4-10-21(12-15)26(23,24)13-14-6-8-16(19)9-7-14/h6-9,15H,4-5,10-13H2,1-3H3,(H,20,22). The molecule has 1 aliphatic rings. The maximum absolute atomic E-state index is 12.7. The van der Waals surface area contributed by atoms with E-state index in [-0.39, 0.29) is 11.7 Å². The van der Waals surface area contributed by atoms with Crippen LogP contribution in [0.15, 0.2) is 24.3 Å². The van der Waals surface area contributed by atoms with E-state index in [0.717, 1.165) is 12.8 Å². The Morgan fingerprint density at radius 1 is 1.31 bits per heavy atom. The van der Waals surface area contributed by atoms with Gasteiger partial charge in [-0.25, -0.2) is 17.5 Å². The number of rotatable bonds is 5. The second kappa shape index (κ2) is 8.59. The number of carbonyl (C=O) groups excluding carboxylic acids is 1. The van der Waals surface area contributed by atoms with Gasteiger partial charge >= 0.3 is 6.09 Å². The van der Waals surface area contributed by atoms with Crippen LogP contribution < -0.4 is 5.32 Å². The molecule has 1 fully saturated rings. The molecule has 0 aromatic heterocycles. The zero-order valence-corrected chi connectivity index (χ0v) is 17.1. The minimum Gasteiger partial charge on any atom is -0.444 e. The molecule has 1 aliphatic heterocycles. The summed E-state index contributed by atoms with van der Waals surface area (Å²) in [5, 5.41) is 3.32. The lowest BCUT2D eigenvalue weighted by atomic mass is 10.00. The summed E-state index contributed by atoms with van der Waals surface area (Å²) >= 11 is 5.85. The fourth-order valence-corrected chi connectivity index (χ4v) is 4.64. The molecular weight excluding hydrogens is 376 g/mol. The maximum atomic E-state index is 12.7. The van der Waals surface area contributed by atoms with Gasteiger partial charge in [0.05, 0.1) is 5.75 Å². The summed E-state index contributed by atoms with van der Waals surface area (Å²) in [6.07, 6.45) is 1.18. The monoisotopic (exact) mass is 402 g/mol. The van der Waals surface area contributed by atoms with Crippen molar-refractivity contribution in [1.29, 1.82) is 0 Å². The highest BCUT2D eigenvalue weighted by atomic mass is 35.5. The van der Waals surface area contributed by atoms with Crippen molar-refractivity contribution in [3.05, 3.63) is 34.9 Å². The first-order valence-electron chi connectivity index (χ1n) is 8.74. The fourth-order valence-electron chi connectivity index (χ4n) is 2.87. The second-order valence-electron chi connectivity index (χ2n) is 7.63. The van der Waals surface area contributed by atoms with Crippen molar-refractivity contribution >= 4 is 27.7 Å². The molecule has 0 saturated carbocycles. The molecule has 1 heterocycles. The summed E-state index contributed by atoms with van der Waals surface area (Å²) in [5.41, 5.74) is 0.160. The highest BCUT2D eigenvalue weighted by Crippen LogP contribution is 2.22. The topological polar surface area (TPSA) is 75.7 Å². The summed E-state index contributed by atoms with van der Waals surface area (Å²) in [4.78, 5) is 11.8. The minimum atomic E-state index is -3.40. The van der Waals surface area contributed by atoms with Crippen LogP contribution in [0.25, 0.3) is 0 Å². The van der Waals surface area contributed by atoms with Gasteiger partial charge in [-0.15, -0.1) is 0 Å². The van der Waals surface area contributed by atoms with Crippen molar-refractivity contribution in [2.45, 2.75) is 45.0 Å². The van der Waals surface area contributed by atoms with E-state index in [2.05, 4.69) is 5.32 Å². The molecular formula is C18H27ClN2O4S. The van der Waals surface area contributed by atoms with Gasteiger partial charge < -0.3 is 10.1 Å². The van der Waals surface area contributed by atoms with Crippen molar-refractivity contribution < 1.29 is 17.9 Å². The molecule has 1 saturated heterocycles. The summed E-state index contributed by atoms with van der Waals surface area (Å²) in [5.74, 6) is 0.0346. The van der Waals surface area contributed by atoms with Crippen LogP contribution in [-0.4, -0.2) is 44.1 Å². The first-order valence-corrected chi connectivity index (χ1v) is 10.7. The van der Waals surface area contributed by atoms with Crippen LogP contribution in [0.2, 0.25) is 5.02 Å². The van der Waals surface area contributed by atoms with E-state index in [1.807, 2.05) is 0 Å². The highest BCUT2D eigenvalue weighted by Gasteiger charge is 2.29. The summed E-state index contributed by atoms with van der Waals surface area (Å²) < 4.78 is 32.1. The number of hydrogen-bond donors (Lipinski definition) is 1. The van der Waals surface area contributed by atoms with Crippen molar-refractivity contribution in [2.75, 3.05) is 19.6 Å². The Morgan fingerprint density at radius 3 is 2.58 bits per heavy atom. The van der Waals surface area contributed by atoms with Crippen molar-refractivity contribution in [3.8, 4) is 0 Å². The van der Waals surface area contributed by atoms with Gasteiger partial charge in [0.25, 0.3) is 0 Å². The molecule has 26 heavy (non-hydrogen) atoms. The normalized spacial score (nSPS) is 19.2. The SMILES string of the molecule is CC(C)(C)OC(=O)NCC1CCCN(S(=O)(=O)Cc2ccc(Cl)cc2)C1. The van der Waals surface area contributed by atoms with Crippen molar-refractivity contribution in [1.82, 2.24) is 9.62 Å². The third-order valence-corrected chi connectivity index (χ3v) is 6.14. The third-order valence-electron chi connectivity index (χ3n) is 4.07. The molecule has 146 valence electrons. The molecule has 1 unspecified atom stereocenters. The molecule has 6 nitrogen and oxygen atoms in total. The number of sulfonamides is 1. The van der Waals surface area contributed by atoms with Crippen LogP contribution in [0.4, 0.5) is 4.79 Å². The van der Waals surface area contributed by atoms with Gasteiger partial charge in [-0.1, -0.05) is 23.7 Å². The van der Waals surface area contributed by atoms with Gasteiger partial charge in [-0.3, -0.25) is 0 Å². The van der Waals surface area contributed by atoms with Gasteiger partial charge in [0.1, 0.15) is 5.60 Å². The van der Waals surface area contributed by atoms with Crippen LogP contribution in [-0.2, 0) is 20.5 Å². The maximum Gasteiger partial charge on any atom is 0.407 e. The Kier molecular flexibility index (Phi) is 6.93. The number of halogens is 1. The van der Waals surface area contributed by atoms with Crippen molar-refractivity contribution in [3.63, 3.8) is 0 Å². The molecule has 0 aliphatic carbocycles. The number of amides is 1. The number of carbonyl (C=O) groups is 1. The second-order valence-corrected chi connectivity index (χ2v) is 10.0. The number of ether oxygens (including phenoxy) is 1. The van der Waals surface area contributed by atoms with E-state index in [1.165, 1.54) is 4.31 Å². The van der Waals surface area contributed by atoms with Gasteiger partial charge in [-0.2, -0.15) is 0 Å². The van der Waals surface area contributed by atoms with Crippen LogP contribution >= 0.6 is 11.6 Å². The quantitative estimate of drug-likeness (QED) is 0.818. The van der Waals surface area contributed by atoms with Crippen LogP contribution in [0, 0.1) is 5.92 Å². The lowest BCUT2D eigenvalue weighted by Gasteiger charge is -2.32. The first-order chi connectivity index (χ1) is 12.0. The highest BCUT2D eigenvalue weighted by molar-refractivity contribution is 7.88. The number of piperidine rings is 1. The molecule has 0 bridgehead atoms. The molecule has 1 aromatic rings. The number of hydrogen-bond acceptors (Lipinski definition) is 4. The predicted molar refractivity (Wildman–Crippen MR) is 103 cm³/mol. The Bertz CT molecular complexity index is 714. The Labute approximate surface area is 160 Å². The molecule has 1 amide bonds. The zero-order valence-electron chi connectivity index (χ0n) is 15.5. The van der Waals surface area contributed by atoms with Gasteiger partial charge in [0, 0.05) is 24.7 Å². The van der Waals surface area contributed by atoms with E-state index in [0.29, 0.717) is 30.2 Å². The Hall–Kier alpha value is -1.31. The summed E-state index contributed by atoms with van der Waals surface area (Å²) in [6, 6.07) is 6.84. The number of nitrogens with zero attached hydrogens (tertiary/aromatic N) is 1. The van der Waals surface area contributed by atoms with E-state index in [1.54, 1.807) is 45.0 Å². The smallest absolute Gasteiger partial charge is 0.407 e. The average molecular weight is 403 g/mol. The van der Waals surface area contributed by atoms with Gasteiger partial charge in [-0.05, 0) is 57.2 Å². The first kappa shape index (κ1) is 21.0. The Balaban J connectivity index is 1.90. The fraction of sp³-hybridized carbons (Fsp3) is 0.611. The molecule has 1 N–H and O–H groups in total. The van der Waals surface area contributed by atoms with Gasteiger partial charge in [0.15, 0.2) is 0 Å². The lowest BCUT2D eigenvalue weighted by molar-refractivity contribution is 0.0513. The third kappa shape index (κ3) is 6.78. The predicted octanol–water partition coefficient (Wildman–Crippen LogP) is 3.41. The van der Waals surface area contributed by atoms with Crippen molar-refractivity contribution in [2.24, 2.45) is 5.92 Å². The van der Waals surface area contributed by atoms with Gasteiger partial charge in [0.2, 0.25) is 10.0 Å². The molecule has 1 atom stereocenters. The summed E-state index contributed by atoms with van der Waals surface area (Å²) in [7, 11) is -3.40. The minimum absolute atomic E-state index is 0.0453. The molecule has 0 radical (unpaired) electrons. The number of nitrogens with one attached hydrogen (secondary N) is 1.